The number of methoxy groups -OCH3 is 3. The molecule has 41 heavy (non-hydrogen) atoms. The lowest BCUT2D eigenvalue weighted by atomic mass is 9.95. The van der Waals surface area contributed by atoms with E-state index in [1.165, 1.54) is 44.6 Å². The van der Waals surface area contributed by atoms with Gasteiger partial charge in [0, 0.05) is 25.4 Å². The molecule has 0 aliphatic heterocycles. The minimum atomic E-state index is -4.81. The second-order valence-corrected chi connectivity index (χ2v) is 9.19. The van der Waals surface area contributed by atoms with Crippen molar-refractivity contribution in [3.8, 4) is 11.6 Å². The second kappa shape index (κ2) is 13.7. The van der Waals surface area contributed by atoms with Crippen LogP contribution in [-0.4, -0.2) is 63.6 Å². The molecule has 1 amide bonds. The van der Waals surface area contributed by atoms with Crippen LogP contribution in [0.4, 0.5) is 23.2 Å². The number of carbonyl (C=O) groups excluding carboxylic acids is 2. The molecule has 1 aliphatic carbocycles. The summed E-state index contributed by atoms with van der Waals surface area (Å²) in [7, 11) is 3.85. The van der Waals surface area contributed by atoms with Gasteiger partial charge in [0.15, 0.2) is 0 Å². The van der Waals surface area contributed by atoms with Gasteiger partial charge in [-0.2, -0.15) is 13.2 Å². The van der Waals surface area contributed by atoms with Crippen molar-refractivity contribution in [2.45, 2.75) is 18.4 Å². The van der Waals surface area contributed by atoms with Gasteiger partial charge in [-0.25, -0.2) is 14.2 Å². The number of pyridine rings is 1. The monoisotopic (exact) mass is 598 g/mol. The molecular weight excluding hydrogens is 572 g/mol. The SMILES string of the molecule is C=Cc1cnc(Oc2ccc(N(C(=O)C3C=CC(Cl)=CC3F)C(COC)COC)c(C(=O)OC)c2)c(C(F)(F)F)c1. The van der Waals surface area contributed by atoms with E-state index in [1.54, 1.807) is 0 Å². The number of hydrogen-bond acceptors (Lipinski definition) is 7. The van der Waals surface area contributed by atoms with Crippen LogP contribution in [0.25, 0.3) is 6.08 Å². The molecule has 3 rings (SSSR count). The van der Waals surface area contributed by atoms with Gasteiger partial charge in [-0.1, -0.05) is 30.3 Å². The minimum Gasteiger partial charge on any atom is -0.465 e. The smallest absolute Gasteiger partial charge is 0.421 e. The van der Waals surface area contributed by atoms with Crippen molar-refractivity contribution in [2.75, 3.05) is 39.4 Å². The minimum absolute atomic E-state index is 0.0411. The molecule has 0 fully saturated rings. The van der Waals surface area contributed by atoms with Crippen LogP contribution < -0.4 is 9.64 Å². The van der Waals surface area contributed by atoms with Crippen LogP contribution in [0.2, 0.25) is 0 Å². The number of rotatable bonds is 11. The van der Waals surface area contributed by atoms with Gasteiger partial charge in [0.2, 0.25) is 11.8 Å². The Balaban J connectivity index is 2.14. The van der Waals surface area contributed by atoms with Crippen molar-refractivity contribution < 1.29 is 46.1 Å². The first-order valence-electron chi connectivity index (χ1n) is 12.1. The number of benzene rings is 1. The van der Waals surface area contributed by atoms with Gasteiger partial charge in [0.1, 0.15) is 17.5 Å². The Labute approximate surface area is 238 Å². The van der Waals surface area contributed by atoms with Crippen LogP contribution in [0.5, 0.6) is 11.6 Å². The number of allylic oxidation sites excluding steroid dienone is 3. The molecule has 0 N–H and O–H groups in total. The van der Waals surface area contributed by atoms with Crippen LogP contribution in [0.15, 0.2) is 60.3 Å². The zero-order chi connectivity index (χ0) is 30.3. The van der Waals surface area contributed by atoms with E-state index in [0.29, 0.717) is 0 Å². The fourth-order valence-corrected chi connectivity index (χ4v) is 4.30. The molecule has 2 unspecified atom stereocenters. The Kier molecular flexibility index (Phi) is 10.7. The average Bonchev–Trinajstić information content (AvgIpc) is 2.93. The number of alkyl halides is 4. The highest BCUT2D eigenvalue weighted by molar-refractivity contribution is 6.31. The number of nitrogens with zero attached hydrogens (tertiary/aromatic N) is 2. The zero-order valence-corrected chi connectivity index (χ0v) is 23.0. The number of carbonyl (C=O) groups is 2. The molecule has 1 aromatic heterocycles. The lowest BCUT2D eigenvalue weighted by Crippen LogP contribution is -2.50. The Morgan fingerprint density at radius 2 is 1.85 bits per heavy atom. The Hall–Kier alpha value is -3.74. The maximum absolute atomic E-state index is 14.9. The zero-order valence-electron chi connectivity index (χ0n) is 22.3. The fourth-order valence-electron chi connectivity index (χ4n) is 4.11. The van der Waals surface area contributed by atoms with Crippen molar-refractivity contribution >= 4 is 35.2 Å². The van der Waals surface area contributed by atoms with Crippen molar-refractivity contribution in [3.63, 3.8) is 0 Å². The van der Waals surface area contributed by atoms with Crippen LogP contribution in [0.1, 0.15) is 21.5 Å². The molecule has 2 atom stereocenters. The molecule has 1 aromatic carbocycles. The topological polar surface area (TPSA) is 87.2 Å². The number of amides is 1. The predicted octanol–water partition coefficient (Wildman–Crippen LogP) is 5.96. The van der Waals surface area contributed by atoms with Gasteiger partial charge in [0.25, 0.3) is 0 Å². The van der Waals surface area contributed by atoms with Crippen molar-refractivity contribution in [3.05, 3.63) is 77.0 Å². The van der Waals surface area contributed by atoms with Crippen LogP contribution in [0, 0.1) is 5.92 Å². The summed E-state index contributed by atoms with van der Waals surface area (Å²) in [5.41, 5.74) is -1.34. The normalized spacial score (nSPS) is 16.8. The first-order chi connectivity index (χ1) is 19.4. The summed E-state index contributed by atoms with van der Waals surface area (Å²) < 4.78 is 76.9. The number of halogens is 5. The van der Waals surface area contributed by atoms with Gasteiger partial charge in [-0.3, -0.25) is 4.79 Å². The quantitative estimate of drug-likeness (QED) is 0.233. The third-order valence-electron chi connectivity index (χ3n) is 5.99. The molecule has 0 saturated heterocycles. The summed E-state index contributed by atoms with van der Waals surface area (Å²) in [6, 6.07) is 3.58. The molecule has 0 saturated carbocycles. The van der Waals surface area contributed by atoms with E-state index in [-0.39, 0.29) is 40.8 Å². The number of ether oxygens (including phenoxy) is 4. The van der Waals surface area contributed by atoms with E-state index in [1.807, 2.05) is 0 Å². The summed E-state index contributed by atoms with van der Waals surface area (Å²) in [5, 5.41) is 0.114. The molecule has 0 radical (unpaired) electrons. The van der Waals surface area contributed by atoms with Gasteiger partial charge in [0.05, 0.1) is 43.5 Å². The Bertz CT molecular complexity index is 1340. The molecule has 0 bridgehead atoms. The molecule has 1 heterocycles. The van der Waals surface area contributed by atoms with E-state index < -0.39 is 47.6 Å². The molecule has 1 aliphatic rings. The standard InChI is InChI=1S/C28H27ClF4N2O6/c1-5-16-10-22(28(31,32)33)25(34-13-16)41-19-7-9-24(21(12-19)27(37)40-4)35(18(14-38-2)15-39-3)26(36)20-8-6-17(29)11-23(20)30/h5-13,18,20,23H,1,14-15H2,2-4H3. The highest BCUT2D eigenvalue weighted by Gasteiger charge is 2.38. The fraction of sp³-hybridized carbons (Fsp3) is 0.321. The molecule has 0 spiro atoms. The summed E-state index contributed by atoms with van der Waals surface area (Å²) in [6.07, 6.45) is -0.498. The number of hydrogen-bond donors (Lipinski definition) is 0. The highest BCUT2D eigenvalue weighted by Crippen LogP contribution is 2.39. The highest BCUT2D eigenvalue weighted by atomic mass is 35.5. The maximum Gasteiger partial charge on any atom is 0.421 e. The predicted molar refractivity (Wildman–Crippen MR) is 144 cm³/mol. The van der Waals surface area contributed by atoms with Crippen molar-refractivity contribution in [2.24, 2.45) is 5.92 Å². The van der Waals surface area contributed by atoms with Crippen LogP contribution >= 0.6 is 11.6 Å². The number of esters is 1. The molecule has 220 valence electrons. The largest absolute Gasteiger partial charge is 0.465 e. The molecule has 8 nitrogen and oxygen atoms in total. The van der Waals surface area contributed by atoms with Crippen LogP contribution in [0.3, 0.4) is 0 Å². The summed E-state index contributed by atoms with van der Waals surface area (Å²) in [4.78, 5) is 31.6. The third-order valence-corrected chi connectivity index (χ3v) is 6.24. The van der Waals surface area contributed by atoms with E-state index >= 15 is 0 Å². The Morgan fingerprint density at radius 1 is 1.17 bits per heavy atom. The molecule has 13 heteroatoms. The van der Waals surface area contributed by atoms with Gasteiger partial charge in [-0.05, 0) is 42.0 Å². The Morgan fingerprint density at radius 3 is 2.41 bits per heavy atom. The average molecular weight is 599 g/mol. The maximum atomic E-state index is 14.9. The van der Waals surface area contributed by atoms with Crippen molar-refractivity contribution in [1.29, 1.82) is 0 Å². The molecular formula is C28H27ClF4N2O6. The van der Waals surface area contributed by atoms with Gasteiger partial charge >= 0.3 is 12.1 Å². The lowest BCUT2D eigenvalue weighted by molar-refractivity contribution is -0.139. The van der Waals surface area contributed by atoms with E-state index in [4.69, 9.17) is 30.5 Å². The van der Waals surface area contributed by atoms with Gasteiger partial charge in [-0.15, -0.1) is 0 Å². The summed E-state index contributed by atoms with van der Waals surface area (Å²) >= 11 is 5.88. The first-order valence-corrected chi connectivity index (χ1v) is 12.4. The number of aromatic nitrogens is 1. The summed E-state index contributed by atoms with van der Waals surface area (Å²) in [5.74, 6) is -3.99. The first kappa shape index (κ1) is 31.8. The summed E-state index contributed by atoms with van der Waals surface area (Å²) in [6.45, 7) is 3.30. The lowest BCUT2D eigenvalue weighted by Gasteiger charge is -2.35. The van der Waals surface area contributed by atoms with Gasteiger partial charge < -0.3 is 23.8 Å². The third kappa shape index (κ3) is 7.51. The van der Waals surface area contributed by atoms with E-state index in [9.17, 15) is 27.2 Å². The van der Waals surface area contributed by atoms with Crippen LogP contribution in [-0.2, 0) is 25.2 Å². The van der Waals surface area contributed by atoms with E-state index in [2.05, 4.69) is 11.6 Å². The number of anilines is 1. The second-order valence-electron chi connectivity index (χ2n) is 8.75. The van der Waals surface area contributed by atoms with Crippen molar-refractivity contribution in [1.82, 2.24) is 4.98 Å². The molecule has 2 aromatic rings. The van der Waals surface area contributed by atoms with E-state index in [0.717, 1.165) is 36.4 Å².